The van der Waals surface area contributed by atoms with Gasteiger partial charge in [-0.25, -0.2) is 0 Å². The first-order valence-corrected chi connectivity index (χ1v) is 10.4. The molecule has 0 saturated heterocycles. The third kappa shape index (κ3) is 4.02. The van der Waals surface area contributed by atoms with Crippen molar-refractivity contribution in [3.63, 3.8) is 0 Å². The summed E-state index contributed by atoms with van der Waals surface area (Å²) in [5.74, 6) is 1.74. The van der Waals surface area contributed by atoms with Crippen LogP contribution in [0.25, 0.3) is 16.8 Å². The van der Waals surface area contributed by atoms with Gasteiger partial charge in [0.05, 0.1) is 0 Å². The first kappa shape index (κ1) is 17.3. The van der Waals surface area contributed by atoms with Crippen molar-refractivity contribution in [2.45, 2.75) is 5.54 Å². The second-order valence-electron chi connectivity index (χ2n) is 6.67. The molecule has 4 aromatic carbocycles. The predicted octanol–water partition coefficient (Wildman–Crippen LogP) is 5.75. The fourth-order valence-corrected chi connectivity index (χ4v) is 4.06. The van der Waals surface area contributed by atoms with Crippen LogP contribution in [-0.4, -0.2) is 10.2 Å². The average Bonchev–Trinajstić information content (AvgIpc) is 2.73. The maximum Gasteiger partial charge on any atom is 0.127 e. The third-order valence-corrected chi connectivity index (χ3v) is 5.75. The van der Waals surface area contributed by atoms with Gasteiger partial charge in [-0.1, -0.05) is 84.9 Å². The number of hydrogen-bond donors (Lipinski definition) is 0. The molecule has 0 amide bonds. The van der Waals surface area contributed by atoms with Gasteiger partial charge < -0.3 is 4.74 Å². The Bertz CT molecular complexity index is 1010. The number of ether oxygens (including phenoxy) is 1. The lowest BCUT2D eigenvalue weighted by atomic mass is 9.93. The lowest BCUT2D eigenvalue weighted by Crippen LogP contribution is -2.00. The lowest BCUT2D eigenvalue weighted by Gasteiger charge is -2.17. The number of hydrogen-bond acceptors (Lipinski definition) is 1. The van der Waals surface area contributed by atoms with Gasteiger partial charge in [0.25, 0.3) is 0 Å². The molecule has 2 heteroatoms. The van der Waals surface area contributed by atoms with Crippen molar-refractivity contribution < 1.29 is 4.74 Å². The van der Waals surface area contributed by atoms with Crippen LogP contribution in [-0.2, 0) is 0 Å². The van der Waals surface area contributed by atoms with Gasteiger partial charge in [0.1, 0.15) is 11.5 Å². The fourth-order valence-electron chi connectivity index (χ4n) is 3.38. The molecule has 0 aliphatic heterocycles. The molecule has 0 N–H and O–H groups in total. The molecule has 0 radical (unpaired) electrons. The van der Waals surface area contributed by atoms with Crippen LogP contribution in [0, 0.1) is 0 Å². The molecule has 1 atom stereocenters. The van der Waals surface area contributed by atoms with E-state index in [0.29, 0.717) is 5.54 Å². The highest BCUT2D eigenvalue weighted by molar-refractivity contribution is 6.17. The molecule has 0 heterocycles. The van der Waals surface area contributed by atoms with Crippen molar-refractivity contribution in [1.82, 2.24) is 0 Å². The third-order valence-electron chi connectivity index (χ3n) is 4.75. The first-order chi connectivity index (χ1) is 13.3. The Morgan fingerprint density at radius 1 is 0.630 bits per heavy atom. The summed E-state index contributed by atoms with van der Waals surface area (Å²) in [7, 11) is 1.20. The highest BCUT2D eigenvalue weighted by Crippen LogP contribution is 2.32. The Labute approximate surface area is 163 Å². The lowest BCUT2D eigenvalue weighted by molar-refractivity contribution is 0.482. The van der Waals surface area contributed by atoms with Crippen molar-refractivity contribution in [1.29, 1.82) is 0 Å². The van der Waals surface area contributed by atoms with Crippen LogP contribution in [0.1, 0.15) is 16.7 Å². The highest BCUT2D eigenvalue weighted by Gasteiger charge is 2.12. The molecule has 0 saturated carbocycles. The van der Waals surface area contributed by atoms with E-state index in [-0.39, 0.29) is 0 Å². The van der Waals surface area contributed by atoms with Gasteiger partial charge in [-0.05, 0) is 51.7 Å². The van der Waals surface area contributed by atoms with Gasteiger partial charge >= 0.3 is 0 Å². The minimum absolute atomic E-state index is 0.689. The van der Waals surface area contributed by atoms with Crippen molar-refractivity contribution in [2.24, 2.45) is 0 Å². The van der Waals surface area contributed by atoms with Crippen molar-refractivity contribution in [3.05, 3.63) is 114 Å². The molecule has 1 aliphatic rings. The molecule has 27 heavy (non-hydrogen) atoms. The zero-order chi connectivity index (χ0) is 18.5. The molecule has 5 rings (SSSR count). The van der Waals surface area contributed by atoms with Gasteiger partial charge in [0, 0.05) is 10.2 Å². The molecule has 132 valence electrons. The van der Waals surface area contributed by atoms with Gasteiger partial charge in [-0.2, -0.15) is 0 Å². The van der Waals surface area contributed by atoms with E-state index in [1.807, 2.05) is 60.7 Å². The summed E-state index contributed by atoms with van der Waals surface area (Å²) in [5.41, 5.74) is 3.59. The summed E-state index contributed by atoms with van der Waals surface area (Å²) < 4.78 is 5.58. The van der Waals surface area contributed by atoms with E-state index in [1.54, 1.807) is 0 Å². The van der Waals surface area contributed by atoms with Crippen molar-refractivity contribution >= 4 is 27.1 Å². The Morgan fingerprint density at radius 3 is 1.85 bits per heavy atom. The fraction of sp³-hybridized carbons (Fsp3) is 0.0400. The van der Waals surface area contributed by atoms with Crippen LogP contribution < -0.4 is 4.74 Å². The van der Waals surface area contributed by atoms with E-state index in [9.17, 15) is 0 Å². The average molecular weight is 367 g/mol. The normalized spacial score (nSPS) is 14.4. The van der Waals surface area contributed by atoms with Crippen LogP contribution in [0.3, 0.4) is 0 Å². The summed E-state index contributed by atoms with van der Waals surface area (Å²) >= 11 is 0. The van der Waals surface area contributed by atoms with E-state index in [0.717, 1.165) is 11.5 Å². The molecule has 0 fully saturated rings. The van der Waals surface area contributed by atoms with Crippen molar-refractivity contribution in [3.8, 4) is 11.5 Å². The number of benzene rings is 4. The second kappa shape index (κ2) is 8.06. The molecular weight excluding hydrogens is 344 g/mol. The maximum atomic E-state index is 5.58. The Balaban J connectivity index is 0.000000134. The van der Waals surface area contributed by atoms with Crippen LogP contribution >= 0.6 is 0 Å². The minimum atomic E-state index is 0.689. The second-order valence-corrected chi connectivity index (χ2v) is 7.91. The van der Waals surface area contributed by atoms with E-state index < -0.39 is 0 Å². The standard InChI is InChI=1S/C13H12Si.C12H10O/c14-12-8-7-10-4-1-3-9-5-2-6-11(12)13(9)10;1-3-7-11(8-4-1)13-12-9-5-2-6-10-12/h1-8,12H,14H3;1-10H. The van der Waals surface area contributed by atoms with Gasteiger partial charge in [-0.15, -0.1) is 0 Å². The summed E-state index contributed by atoms with van der Waals surface area (Å²) in [6.45, 7) is 0. The Kier molecular flexibility index (Phi) is 5.17. The number of allylic oxidation sites excluding steroid dienone is 1. The van der Waals surface area contributed by atoms with Crippen LogP contribution in [0.15, 0.2) is 103 Å². The molecule has 4 aromatic rings. The smallest absolute Gasteiger partial charge is 0.127 e. The number of para-hydroxylation sites is 2. The zero-order valence-corrected chi connectivity index (χ0v) is 17.4. The van der Waals surface area contributed by atoms with E-state index >= 15 is 0 Å². The molecule has 0 aromatic heterocycles. The van der Waals surface area contributed by atoms with Crippen LogP contribution in [0.4, 0.5) is 0 Å². The number of rotatable bonds is 2. The topological polar surface area (TPSA) is 9.23 Å². The summed E-state index contributed by atoms with van der Waals surface area (Å²) in [6, 6.07) is 32.7. The molecular formula is C25H22OSi. The summed E-state index contributed by atoms with van der Waals surface area (Å²) in [5, 5.41) is 2.85. The largest absolute Gasteiger partial charge is 0.457 e. The Hall–Kier alpha value is -3.10. The van der Waals surface area contributed by atoms with E-state index in [1.165, 1.54) is 32.1 Å². The quantitative estimate of drug-likeness (QED) is 0.410. The van der Waals surface area contributed by atoms with Crippen LogP contribution in [0.5, 0.6) is 11.5 Å². The van der Waals surface area contributed by atoms with Gasteiger partial charge in [-0.3, -0.25) is 0 Å². The molecule has 1 unspecified atom stereocenters. The van der Waals surface area contributed by atoms with Crippen molar-refractivity contribution in [2.75, 3.05) is 0 Å². The monoisotopic (exact) mass is 366 g/mol. The SMILES string of the molecule is [SiH3]C1C=Cc2cccc3cccc1c23.c1ccc(Oc2ccccc2)cc1. The molecule has 1 nitrogen and oxygen atoms in total. The first-order valence-electron chi connectivity index (χ1n) is 9.29. The minimum Gasteiger partial charge on any atom is -0.457 e. The van der Waals surface area contributed by atoms with E-state index in [2.05, 4.69) is 48.6 Å². The zero-order valence-electron chi connectivity index (χ0n) is 15.4. The summed E-state index contributed by atoms with van der Waals surface area (Å²) in [4.78, 5) is 0. The predicted molar refractivity (Wildman–Crippen MR) is 119 cm³/mol. The maximum absolute atomic E-state index is 5.58. The van der Waals surface area contributed by atoms with Crippen LogP contribution in [0.2, 0.25) is 0 Å². The molecule has 0 bridgehead atoms. The highest BCUT2D eigenvalue weighted by atomic mass is 28.1. The molecule has 0 spiro atoms. The van der Waals surface area contributed by atoms with Gasteiger partial charge in [0.15, 0.2) is 0 Å². The Morgan fingerprint density at radius 2 is 1.22 bits per heavy atom. The summed E-state index contributed by atoms with van der Waals surface area (Å²) in [6.07, 6.45) is 4.61. The van der Waals surface area contributed by atoms with Gasteiger partial charge in [0.2, 0.25) is 0 Å². The van der Waals surface area contributed by atoms with E-state index in [4.69, 9.17) is 4.74 Å². The molecule has 1 aliphatic carbocycles.